The molecule has 1 fully saturated rings. The zero-order valence-corrected chi connectivity index (χ0v) is 11.0. The lowest BCUT2D eigenvalue weighted by Crippen LogP contribution is -2.41. The number of aromatic nitrogens is 2. The van der Waals surface area contributed by atoms with E-state index < -0.39 is 0 Å². The van der Waals surface area contributed by atoms with Crippen molar-refractivity contribution in [3.8, 4) is 0 Å². The molecule has 1 N–H and O–H groups in total. The average molecular weight is 276 g/mol. The van der Waals surface area contributed by atoms with E-state index in [-0.39, 0.29) is 10.6 Å². The summed E-state index contributed by atoms with van der Waals surface area (Å²) < 4.78 is 0. The SMILES string of the molecule is O=c1[nH]cnc(N2CCCCC2CCCl)c1Cl. The highest BCUT2D eigenvalue weighted by molar-refractivity contribution is 6.32. The van der Waals surface area contributed by atoms with Gasteiger partial charge in [-0.2, -0.15) is 0 Å². The maximum Gasteiger partial charge on any atom is 0.271 e. The van der Waals surface area contributed by atoms with E-state index in [2.05, 4.69) is 14.9 Å². The second-order valence-electron chi connectivity index (χ2n) is 4.19. The molecule has 1 aliphatic rings. The third-order valence-corrected chi connectivity index (χ3v) is 3.68. The molecule has 0 saturated carbocycles. The number of hydrogen-bond acceptors (Lipinski definition) is 3. The molecule has 1 unspecified atom stereocenters. The van der Waals surface area contributed by atoms with Crippen molar-refractivity contribution >= 4 is 29.0 Å². The molecule has 0 bridgehead atoms. The molecule has 1 saturated heterocycles. The standard InChI is InChI=1S/C11H15Cl2N3O/c12-5-4-8-3-1-2-6-16(8)10-9(13)11(17)15-7-14-10/h7-8H,1-6H2,(H,14,15,17). The van der Waals surface area contributed by atoms with Crippen molar-refractivity contribution in [2.45, 2.75) is 31.7 Å². The Balaban J connectivity index is 2.29. The largest absolute Gasteiger partial charge is 0.352 e. The van der Waals surface area contributed by atoms with Gasteiger partial charge >= 0.3 is 0 Å². The van der Waals surface area contributed by atoms with Crippen LogP contribution in [0.1, 0.15) is 25.7 Å². The number of rotatable bonds is 3. The highest BCUT2D eigenvalue weighted by Crippen LogP contribution is 2.28. The minimum atomic E-state index is -0.285. The molecule has 4 nitrogen and oxygen atoms in total. The van der Waals surface area contributed by atoms with Crippen LogP contribution in [0.4, 0.5) is 5.82 Å². The van der Waals surface area contributed by atoms with E-state index in [0.717, 1.165) is 25.8 Å². The van der Waals surface area contributed by atoms with Gasteiger partial charge in [0, 0.05) is 18.5 Å². The van der Waals surface area contributed by atoms with Crippen LogP contribution >= 0.6 is 23.2 Å². The molecule has 1 aliphatic heterocycles. The van der Waals surface area contributed by atoms with E-state index in [0.29, 0.717) is 17.7 Å². The van der Waals surface area contributed by atoms with Gasteiger partial charge in [-0.3, -0.25) is 4.79 Å². The van der Waals surface area contributed by atoms with Gasteiger partial charge in [0.15, 0.2) is 5.82 Å². The van der Waals surface area contributed by atoms with Gasteiger partial charge in [-0.25, -0.2) is 4.98 Å². The van der Waals surface area contributed by atoms with Crippen LogP contribution < -0.4 is 10.5 Å². The lowest BCUT2D eigenvalue weighted by Gasteiger charge is -2.36. The maximum atomic E-state index is 11.5. The van der Waals surface area contributed by atoms with Gasteiger partial charge in [0.05, 0.1) is 6.33 Å². The Morgan fingerprint density at radius 2 is 2.35 bits per heavy atom. The molecule has 94 valence electrons. The van der Waals surface area contributed by atoms with Crippen LogP contribution in [-0.4, -0.2) is 28.4 Å². The summed E-state index contributed by atoms with van der Waals surface area (Å²) in [5, 5.41) is 0.175. The second-order valence-corrected chi connectivity index (χ2v) is 4.95. The van der Waals surface area contributed by atoms with Crippen molar-refractivity contribution in [2.24, 2.45) is 0 Å². The first-order valence-electron chi connectivity index (χ1n) is 5.80. The molecule has 2 heterocycles. The highest BCUT2D eigenvalue weighted by Gasteiger charge is 2.25. The highest BCUT2D eigenvalue weighted by atomic mass is 35.5. The number of aromatic amines is 1. The molecule has 1 atom stereocenters. The predicted octanol–water partition coefficient (Wildman–Crippen LogP) is 2.41. The summed E-state index contributed by atoms with van der Waals surface area (Å²) in [6.45, 7) is 0.887. The van der Waals surface area contributed by atoms with Gasteiger partial charge in [0.25, 0.3) is 5.56 Å². The van der Waals surface area contributed by atoms with Crippen LogP contribution in [0, 0.1) is 0 Å². The molecule has 1 aromatic rings. The Hall–Kier alpha value is -0.740. The fourth-order valence-electron chi connectivity index (χ4n) is 2.28. The Kier molecular flexibility index (Phi) is 4.29. The van der Waals surface area contributed by atoms with Gasteiger partial charge in [0.2, 0.25) is 0 Å². The van der Waals surface area contributed by atoms with Crippen molar-refractivity contribution in [2.75, 3.05) is 17.3 Å². The summed E-state index contributed by atoms with van der Waals surface area (Å²) in [5.74, 6) is 1.20. The van der Waals surface area contributed by atoms with E-state index in [1.54, 1.807) is 0 Å². The monoisotopic (exact) mass is 275 g/mol. The number of piperidine rings is 1. The van der Waals surface area contributed by atoms with Crippen molar-refractivity contribution < 1.29 is 0 Å². The molecule has 0 aliphatic carbocycles. The third-order valence-electron chi connectivity index (χ3n) is 3.12. The van der Waals surface area contributed by atoms with Crippen LogP contribution in [0.2, 0.25) is 5.02 Å². The van der Waals surface area contributed by atoms with E-state index in [1.165, 1.54) is 12.7 Å². The molecule has 0 aromatic carbocycles. The number of nitrogens with one attached hydrogen (secondary N) is 1. The summed E-state index contributed by atoms with van der Waals surface area (Å²) in [4.78, 5) is 20.2. The van der Waals surface area contributed by atoms with Gasteiger partial charge in [-0.05, 0) is 25.7 Å². The Bertz CT molecular complexity index is 433. The Morgan fingerprint density at radius 3 is 3.12 bits per heavy atom. The van der Waals surface area contributed by atoms with Gasteiger partial charge in [0.1, 0.15) is 5.02 Å². The van der Waals surface area contributed by atoms with Crippen LogP contribution in [0.25, 0.3) is 0 Å². The maximum absolute atomic E-state index is 11.5. The first-order valence-corrected chi connectivity index (χ1v) is 6.71. The number of nitrogens with zero attached hydrogens (tertiary/aromatic N) is 2. The van der Waals surface area contributed by atoms with Crippen LogP contribution in [0.15, 0.2) is 11.1 Å². The first-order chi connectivity index (χ1) is 8.24. The molecular weight excluding hydrogens is 261 g/mol. The first kappa shape index (κ1) is 12.7. The third kappa shape index (κ3) is 2.75. The normalized spacial score (nSPS) is 20.6. The lowest BCUT2D eigenvalue weighted by molar-refractivity contribution is 0.448. The van der Waals surface area contributed by atoms with Crippen LogP contribution in [0.3, 0.4) is 0 Å². The zero-order chi connectivity index (χ0) is 12.3. The van der Waals surface area contributed by atoms with E-state index in [1.807, 2.05) is 0 Å². The lowest BCUT2D eigenvalue weighted by atomic mass is 10.00. The predicted molar refractivity (Wildman–Crippen MR) is 70.2 cm³/mol. The molecule has 2 rings (SSSR count). The van der Waals surface area contributed by atoms with Crippen molar-refractivity contribution in [3.05, 3.63) is 21.7 Å². The number of alkyl halides is 1. The van der Waals surface area contributed by atoms with Gasteiger partial charge in [-0.15, -0.1) is 11.6 Å². The fourth-order valence-corrected chi connectivity index (χ4v) is 2.74. The number of hydrogen-bond donors (Lipinski definition) is 1. The van der Waals surface area contributed by atoms with E-state index in [4.69, 9.17) is 23.2 Å². The van der Waals surface area contributed by atoms with Crippen LogP contribution in [-0.2, 0) is 0 Å². The Labute approximate surface area is 110 Å². The summed E-state index contributed by atoms with van der Waals surface area (Å²) in [7, 11) is 0. The van der Waals surface area contributed by atoms with Gasteiger partial charge < -0.3 is 9.88 Å². The second kappa shape index (κ2) is 5.74. The number of anilines is 1. The molecule has 0 spiro atoms. The van der Waals surface area contributed by atoms with Crippen LogP contribution in [0.5, 0.6) is 0 Å². The smallest absolute Gasteiger partial charge is 0.271 e. The van der Waals surface area contributed by atoms with Crippen molar-refractivity contribution in [1.82, 2.24) is 9.97 Å². The minimum Gasteiger partial charge on any atom is -0.352 e. The van der Waals surface area contributed by atoms with E-state index >= 15 is 0 Å². The molecular formula is C11H15Cl2N3O. The van der Waals surface area contributed by atoms with E-state index in [9.17, 15) is 4.79 Å². The molecule has 17 heavy (non-hydrogen) atoms. The molecule has 6 heteroatoms. The van der Waals surface area contributed by atoms with Gasteiger partial charge in [-0.1, -0.05) is 11.6 Å². The number of H-pyrrole nitrogens is 1. The summed E-state index contributed by atoms with van der Waals surface area (Å²) in [6, 6.07) is 0.341. The molecule has 0 amide bonds. The summed E-state index contributed by atoms with van der Waals surface area (Å²) >= 11 is 11.8. The summed E-state index contributed by atoms with van der Waals surface area (Å²) in [6.07, 6.45) is 5.67. The Morgan fingerprint density at radius 1 is 1.53 bits per heavy atom. The van der Waals surface area contributed by atoms with Crippen molar-refractivity contribution in [1.29, 1.82) is 0 Å². The quantitative estimate of drug-likeness (QED) is 0.862. The number of halogens is 2. The minimum absolute atomic E-state index is 0.175. The topological polar surface area (TPSA) is 49.0 Å². The molecule has 0 radical (unpaired) electrons. The fraction of sp³-hybridized carbons (Fsp3) is 0.636. The van der Waals surface area contributed by atoms with Crippen molar-refractivity contribution in [3.63, 3.8) is 0 Å². The average Bonchev–Trinajstić information content (AvgIpc) is 2.34. The zero-order valence-electron chi connectivity index (χ0n) is 9.46. The molecule has 1 aromatic heterocycles. The summed E-state index contributed by atoms with van der Waals surface area (Å²) in [5.41, 5.74) is -0.285.